The lowest BCUT2D eigenvalue weighted by atomic mass is 10.2. The van der Waals surface area contributed by atoms with Gasteiger partial charge in [0, 0.05) is 16.5 Å². The standard InChI is InChI=1S/C22H24BrN3O4/c1-5-6-7-20-25-17-9-8-15(23)12-16(17)22(27)26(20)24-13-14-10-18(28-2)21(30-4)19(11-14)29-3/h8-13H,5-7H2,1-4H3. The molecule has 0 unspecified atom stereocenters. The molecule has 0 saturated carbocycles. The number of halogens is 1. The number of aromatic nitrogens is 2. The van der Waals surface area contributed by atoms with Crippen LogP contribution >= 0.6 is 15.9 Å². The maximum atomic E-state index is 13.2. The van der Waals surface area contributed by atoms with E-state index in [9.17, 15) is 4.79 Å². The van der Waals surface area contributed by atoms with Crippen LogP contribution in [0.5, 0.6) is 17.2 Å². The molecule has 30 heavy (non-hydrogen) atoms. The fourth-order valence-corrected chi connectivity index (χ4v) is 3.47. The second kappa shape index (κ2) is 9.75. The van der Waals surface area contributed by atoms with Crippen molar-refractivity contribution >= 4 is 33.0 Å². The summed E-state index contributed by atoms with van der Waals surface area (Å²) in [5.74, 6) is 2.14. The monoisotopic (exact) mass is 473 g/mol. The Morgan fingerprint density at radius 2 is 1.80 bits per heavy atom. The molecule has 8 heteroatoms. The largest absolute Gasteiger partial charge is 0.493 e. The number of hydrogen-bond acceptors (Lipinski definition) is 6. The van der Waals surface area contributed by atoms with Crippen LogP contribution in [0.4, 0.5) is 0 Å². The first-order valence-corrected chi connectivity index (χ1v) is 10.4. The Balaban J connectivity index is 2.13. The number of benzene rings is 2. The van der Waals surface area contributed by atoms with Crippen LogP contribution in [-0.2, 0) is 6.42 Å². The van der Waals surface area contributed by atoms with Gasteiger partial charge in [-0.3, -0.25) is 4.79 Å². The number of fused-ring (bicyclic) bond motifs is 1. The molecule has 0 N–H and O–H groups in total. The average molecular weight is 474 g/mol. The Hall–Kier alpha value is -2.87. The lowest BCUT2D eigenvalue weighted by Gasteiger charge is -2.13. The van der Waals surface area contributed by atoms with Gasteiger partial charge in [0.2, 0.25) is 5.75 Å². The predicted molar refractivity (Wildman–Crippen MR) is 121 cm³/mol. The Bertz CT molecular complexity index is 1120. The second-order valence-electron chi connectivity index (χ2n) is 6.61. The van der Waals surface area contributed by atoms with Crippen molar-refractivity contribution in [1.82, 2.24) is 9.66 Å². The summed E-state index contributed by atoms with van der Waals surface area (Å²) in [5, 5.41) is 4.97. The molecule has 3 rings (SSSR count). The van der Waals surface area contributed by atoms with Gasteiger partial charge in [-0.25, -0.2) is 4.98 Å². The fraction of sp³-hybridized carbons (Fsp3) is 0.318. The number of nitrogens with zero attached hydrogens (tertiary/aromatic N) is 3. The minimum absolute atomic E-state index is 0.212. The number of hydrogen-bond donors (Lipinski definition) is 0. The van der Waals surface area contributed by atoms with E-state index >= 15 is 0 Å². The second-order valence-corrected chi connectivity index (χ2v) is 7.53. The number of methoxy groups -OCH3 is 3. The zero-order valence-electron chi connectivity index (χ0n) is 17.4. The molecular weight excluding hydrogens is 450 g/mol. The van der Waals surface area contributed by atoms with Gasteiger partial charge in [0.05, 0.1) is 38.4 Å². The lowest BCUT2D eigenvalue weighted by molar-refractivity contribution is 0.324. The highest BCUT2D eigenvalue weighted by atomic mass is 79.9. The Kier molecular flexibility index (Phi) is 7.10. The third kappa shape index (κ3) is 4.48. The smallest absolute Gasteiger partial charge is 0.282 e. The summed E-state index contributed by atoms with van der Waals surface area (Å²) in [7, 11) is 4.65. The van der Waals surface area contributed by atoms with Crippen molar-refractivity contribution in [3.63, 3.8) is 0 Å². The Morgan fingerprint density at radius 1 is 1.10 bits per heavy atom. The summed E-state index contributed by atoms with van der Waals surface area (Å²) in [5.41, 5.74) is 1.15. The first-order valence-electron chi connectivity index (χ1n) is 9.57. The SMILES string of the molecule is CCCCc1nc2ccc(Br)cc2c(=O)n1N=Cc1cc(OC)c(OC)c(OC)c1. The number of ether oxygens (including phenoxy) is 3. The van der Waals surface area contributed by atoms with Gasteiger partial charge in [-0.05, 0) is 36.8 Å². The number of rotatable bonds is 8. The molecule has 7 nitrogen and oxygen atoms in total. The van der Waals surface area contributed by atoms with E-state index in [2.05, 4.69) is 32.9 Å². The molecule has 3 aromatic rings. The quantitative estimate of drug-likeness (QED) is 0.453. The molecule has 0 saturated heterocycles. The highest BCUT2D eigenvalue weighted by Crippen LogP contribution is 2.37. The molecule has 0 bridgehead atoms. The summed E-state index contributed by atoms with van der Waals surface area (Å²) in [6.07, 6.45) is 4.15. The van der Waals surface area contributed by atoms with Crippen molar-refractivity contribution < 1.29 is 14.2 Å². The highest BCUT2D eigenvalue weighted by Gasteiger charge is 2.14. The van der Waals surface area contributed by atoms with E-state index in [1.807, 2.05) is 12.1 Å². The molecule has 0 spiro atoms. The summed E-state index contributed by atoms with van der Waals surface area (Å²) < 4.78 is 18.3. The molecule has 0 fully saturated rings. The van der Waals surface area contributed by atoms with Crippen LogP contribution in [0.1, 0.15) is 31.2 Å². The first kappa shape index (κ1) is 21.8. The molecule has 0 atom stereocenters. The van der Waals surface area contributed by atoms with Crippen LogP contribution in [0.25, 0.3) is 10.9 Å². The predicted octanol–water partition coefficient (Wildman–Crippen LogP) is 4.41. The minimum Gasteiger partial charge on any atom is -0.493 e. The van der Waals surface area contributed by atoms with Crippen LogP contribution in [0.2, 0.25) is 0 Å². The van der Waals surface area contributed by atoms with E-state index in [4.69, 9.17) is 14.2 Å². The number of aryl methyl sites for hydroxylation is 1. The molecule has 1 aromatic heterocycles. The Morgan fingerprint density at radius 3 is 2.40 bits per heavy atom. The molecule has 0 amide bonds. The van der Waals surface area contributed by atoms with Crippen LogP contribution < -0.4 is 19.8 Å². The summed E-state index contributed by atoms with van der Waals surface area (Å²) in [4.78, 5) is 17.8. The summed E-state index contributed by atoms with van der Waals surface area (Å²) in [6.45, 7) is 2.10. The fourth-order valence-electron chi connectivity index (χ4n) is 3.11. The van der Waals surface area contributed by atoms with Crippen molar-refractivity contribution in [1.29, 1.82) is 0 Å². The van der Waals surface area contributed by atoms with E-state index in [0.29, 0.717) is 46.0 Å². The van der Waals surface area contributed by atoms with E-state index in [1.165, 1.54) is 4.68 Å². The molecule has 0 radical (unpaired) electrons. The maximum Gasteiger partial charge on any atom is 0.282 e. The van der Waals surface area contributed by atoms with Crippen molar-refractivity contribution in [2.45, 2.75) is 26.2 Å². The van der Waals surface area contributed by atoms with Gasteiger partial charge >= 0.3 is 0 Å². The molecular formula is C22H24BrN3O4. The summed E-state index contributed by atoms with van der Waals surface area (Å²) in [6, 6.07) is 9.02. The van der Waals surface area contributed by atoms with Crippen molar-refractivity contribution in [3.8, 4) is 17.2 Å². The average Bonchev–Trinajstić information content (AvgIpc) is 2.76. The molecule has 2 aromatic carbocycles. The third-order valence-corrected chi connectivity index (χ3v) is 5.13. The van der Waals surface area contributed by atoms with Crippen molar-refractivity contribution in [2.75, 3.05) is 21.3 Å². The van der Waals surface area contributed by atoms with Gasteiger partial charge in [0.1, 0.15) is 5.82 Å². The van der Waals surface area contributed by atoms with Crippen LogP contribution in [0, 0.1) is 0 Å². The van der Waals surface area contributed by atoms with E-state index in [-0.39, 0.29) is 5.56 Å². The van der Waals surface area contributed by atoms with Crippen molar-refractivity contribution in [3.05, 3.63) is 56.5 Å². The van der Waals surface area contributed by atoms with Gasteiger partial charge in [0.15, 0.2) is 11.5 Å². The lowest BCUT2D eigenvalue weighted by Crippen LogP contribution is -2.22. The van der Waals surface area contributed by atoms with Crippen LogP contribution in [0.15, 0.2) is 44.7 Å². The number of unbranched alkanes of at least 4 members (excludes halogenated alkanes) is 1. The summed E-state index contributed by atoms with van der Waals surface area (Å²) >= 11 is 3.42. The van der Waals surface area contributed by atoms with E-state index < -0.39 is 0 Å². The third-order valence-electron chi connectivity index (χ3n) is 4.64. The van der Waals surface area contributed by atoms with Gasteiger partial charge in [-0.2, -0.15) is 9.78 Å². The van der Waals surface area contributed by atoms with Crippen molar-refractivity contribution in [2.24, 2.45) is 5.10 Å². The van der Waals surface area contributed by atoms with E-state index in [0.717, 1.165) is 17.3 Å². The van der Waals surface area contributed by atoms with Gasteiger partial charge < -0.3 is 14.2 Å². The first-order chi connectivity index (χ1) is 14.5. The van der Waals surface area contributed by atoms with E-state index in [1.54, 1.807) is 45.7 Å². The van der Waals surface area contributed by atoms with Crippen LogP contribution in [-0.4, -0.2) is 37.2 Å². The van der Waals surface area contributed by atoms with Crippen LogP contribution in [0.3, 0.4) is 0 Å². The molecule has 0 aliphatic rings. The molecule has 1 heterocycles. The minimum atomic E-state index is -0.212. The zero-order valence-corrected chi connectivity index (χ0v) is 19.0. The highest BCUT2D eigenvalue weighted by molar-refractivity contribution is 9.10. The molecule has 158 valence electrons. The molecule has 0 aliphatic carbocycles. The molecule has 0 aliphatic heterocycles. The van der Waals surface area contributed by atoms with Gasteiger partial charge in [-0.1, -0.05) is 29.3 Å². The topological polar surface area (TPSA) is 74.9 Å². The Labute approximate surface area is 183 Å². The normalized spacial score (nSPS) is 11.2. The van der Waals surface area contributed by atoms with Gasteiger partial charge in [-0.15, -0.1) is 0 Å². The zero-order chi connectivity index (χ0) is 21.7. The maximum absolute atomic E-state index is 13.2. The van der Waals surface area contributed by atoms with Gasteiger partial charge in [0.25, 0.3) is 5.56 Å².